The summed E-state index contributed by atoms with van der Waals surface area (Å²) < 4.78 is 5.63. The molecule has 0 aliphatic carbocycles. The van der Waals surface area contributed by atoms with Crippen molar-refractivity contribution in [2.24, 2.45) is 0 Å². The summed E-state index contributed by atoms with van der Waals surface area (Å²) in [6.07, 6.45) is 1.84. The summed E-state index contributed by atoms with van der Waals surface area (Å²) >= 11 is 6.01. The van der Waals surface area contributed by atoms with Crippen LogP contribution in [0.2, 0.25) is 5.02 Å². The summed E-state index contributed by atoms with van der Waals surface area (Å²) in [5.41, 5.74) is 0.508. The highest BCUT2D eigenvalue weighted by Crippen LogP contribution is 2.23. The monoisotopic (exact) mass is 375 g/mol. The van der Waals surface area contributed by atoms with Gasteiger partial charge in [0.25, 0.3) is 5.91 Å². The standard InChI is InChI=1S/C17H26ClN3O2.ClH/c1-2-12-23-16-5-4-14(18)13-15(16)17(22)20-6-3-9-21-10-7-19-8-11-21;/h4-5,13,19H,2-3,6-12H2,1H3,(H,20,22);1H. The first-order chi connectivity index (χ1) is 11.2. The molecule has 7 heteroatoms. The molecule has 0 spiro atoms. The van der Waals surface area contributed by atoms with Crippen molar-refractivity contribution in [2.45, 2.75) is 19.8 Å². The second kappa shape index (κ2) is 11.5. The third-order valence-corrected chi connectivity index (χ3v) is 4.03. The van der Waals surface area contributed by atoms with E-state index in [1.54, 1.807) is 18.2 Å². The quantitative estimate of drug-likeness (QED) is 0.685. The molecule has 0 radical (unpaired) electrons. The van der Waals surface area contributed by atoms with Gasteiger partial charge in [-0.3, -0.25) is 4.79 Å². The third kappa shape index (κ3) is 6.85. The van der Waals surface area contributed by atoms with E-state index in [0.29, 0.717) is 29.5 Å². The first-order valence-electron chi connectivity index (χ1n) is 8.34. The van der Waals surface area contributed by atoms with Gasteiger partial charge in [-0.15, -0.1) is 12.4 Å². The van der Waals surface area contributed by atoms with Gasteiger partial charge >= 0.3 is 0 Å². The third-order valence-electron chi connectivity index (χ3n) is 3.79. The van der Waals surface area contributed by atoms with Gasteiger partial charge in [-0.25, -0.2) is 0 Å². The van der Waals surface area contributed by atoms with E-state index >= 15 is 0 Å². The number of piperazine rings is 1. The SMILES string of the molecule is CCCOc1ccc(Cl)cc1C(=O)NCCCN1CCNCC1.Cl. The maximum absolute atomic E-state index is 12.4. The van der Waals surface area contributed by atoms with Crippen LogP contribution in [0.15, 0.2) is 18.2 Å². The summed E-state index contributed by atoms with van der Waals surface area (Å²) in [5.74, 6) is 0.467. The van der Waals surface area contributed by atoms with E-state index in [9.17, 15) is 4.79 Å². The minimum atomic E-state index is -0.126. The van der Waals surface area contributed by atoms with Crippen LogP contribution >= 0.6 is 24.0 Å². The molecule has 1 aliphatic heterocycles. The number of ether oxygens (including phenoxy) is 1. The molecule has 1 aromatic carbocycles. The Labute approximate surface area is 155 Å². The van der Waals surface area contributed by atoms with Crippen LogP contribution in [0.4, 0.5) is 0 Å². The van der Waals surface area contributed by atoms with Crippen LogP contribution in [0.3, 0.4) is 0 Å². The van der Waals surface area contributed by atoms with Crippen molar-refractivity contribution in [1.82, 2.24) is 15.5 Å². The lowest BCUT2D eigenvalue weighted by Crippen LogP contribution is -2.44. The van der Waals surface area contributed by atoms with E-state index < -0.39 is 0 Å². The van der Waals surface area contributed by atoms with Crippen LogP contribution in [0, 0.1) is 0 Å². The predicted molar refractivity (Wildman–Crippen MR) is 101 cm³/mol. The summed E-state index contributed by atoms with van der Waals surface area (Å²) in [6.45, 7) is 8.55. The molecule has 0 bridgehead atoms. The predicted octanol–water partition coefficient (Wildman–Crippen LogP) is 2.58. The Morgan fingerprint density at radius 2 is 2.12 bits per heavy atom. The van der Waals surface area contributed by atoms with E-state index in [2.05, 4.69) is 15.5 Å². The van der Waals surface area contributed by atoms with Crippen molar-refractivity contribution in [3.05, 3.63) is 28.8 Å². The van der Waals surface area contributed by atoms with Gasteiger partial charge < -0.3 is 20.3 Å². The van der Waals surface area contributed by atoms with Crippen molar-refractivity contribution >= 4 is 29.9 Å². The summed E-state index contributed by atoms with van der Waals surface area (Å²) in [7, 11) is 0. The van der Waals surface area contributed by atoms with Gasteiger partial charge in [-0.1, -0.05) is 18.5 Å². The summed E-state index contributed by atoms with van der Waals surface area (Å²) in [6, 6.07) is 5.17. The van der Waals surface area contributed by atoms with Gasteiger partial charge in [0.1, 0.15) is 5.75 Å². The number of benzene rings is 1. The number of nitrogens with zero attached hydrogens (tertiary/aromatic N) is 1. The topological polar surface area (TPSA) is 53.6 Å². The Kier molecular flexibility index (Phi) is 10.1. The zero-order valence-corrected chi connectivity index (χ0v) is 15.7. The van der Waals surface area contributed by atoms with Crippen LogP contribution in [0.1, 0.15) is 30.1 Å². The van der Waals surface area contributed by atoms with E-state index in [1.807, 2.05) is 6.92 Å². The number of nitrogens with one attached hydrogen (secondary N) is 2. The fraction of sp³-hybridized carbons (Fsp3) is 0.588. The maximum atomic E-state index is 12.4. The molecule has 2 N–H and O–H groups in total. The summed E-state index contributed by atoms with van der Waals surface area (Å²) in [5, 5.41) is 6.84. The molecule has 0 aromatic heterocycles. The Morgan fingerprint density at radius 3 is 2.83 bits per heavy atom. The zero-order chi connectivity index (χ0) is 16.5. The van der Waals surface area contributed by atoms with E-state index in [4.69, 9.17) is 16.3 Å². The first-order valence-corrected chi connectivity index (χ1v) is 8.72. The molecule has 1 saturated heterocycles. The van der Waals surface area contributed by atoms with E-state index in [0.717, 1.165) is 45.6 Å². The molecular weight excluding hydrogens is 349 g/mol. The average Bonchev–Trinajstić information content (AvgIpc) is 2.58. The normalized spacial score (nSPS) is 14.8. The van der Waals surface area contributed by atoms with Crippen LogP contribution < -0.4 is 15.4 Å². The van der Waals surface area contributed by atoms with Gasteiger partial charge in [0.2, 0.25) is 0 Å². The average molecular weight is 376 g/mol. The molecule has 0 saturated carbocycles. The highest BCUT2D eigenvalue weighted by molar-refractivity contribution is 6.31. The number of carbonyl (C=O) groups is 1. The number of hydrogen-bond acceptors (Lipinski definition) is 4. The molecule has 5 nitrogen and oxygen atoms in total. The maximum Gasteiger partial charge on any atom is 0.255 e. The fourth-order valence-electron chi connectivity index (χ4n) is 2.55. The van der Waals surface area contributed by atoms with Crippen LogP contribution in [-0.4, -0.2) is 56.7 Å². The van der Waals surface area contributed by atoms with Crippen molar-refractivity contribution in [1.29, 1.82) is 0 Å². The molecule has 1 aromatic rings. The van der Waals surface area contributed by atoms with Gasteiger partial charge in [-0.05, 0) is 37.6 Å². The molecule has 1 aliphatic rings. The minimum Gasteiger partial charge on any atom is -0.493 e. The largest absolute Gasteiger partial charge is 0.493 e. The molecule has 1 heterocycles. The van der Waals surface area contributed by atoms with Crippen LogP contribution in [0.5, 0.6) is 5.75 Å². The highest BCUT2D eigenvalue weighted by atomic mass is 35.5. The minimum absolute atomic E-state index is 0. The molecule has 136 valence electrons. The van der Waals surface area contributed by atoms with Crippen LogP contribution in [-0.2, 0) is 0 Å². The molecule has 0 unspecified atom stereocenters. The zero-order valence-electron chi connectivity index (χ0n) is 14.1. The van der Waals surface area contributed by atoms with Crippen molar-refractivity contribution in [2.75, 3.05) is 45.9 Å². The molecule has 24 heavy (non-hydrogen) atoms. The summed E-state index contributed by atoms with van der Waals surface area (Å²) in [4.78, 5) is 14.8. The molecule has 1 fully saturated rings. The Balaban J connectivity index is 0.00000288. The van der Waals surface area contributed by atoms with Crippen molar-refractivity contribution in [3.8, 4) is 5.75 Å². The van der Waals surface area contributed by atoms with Gasteiger partial charge in [-0.2, -0.15) is 0 Å². The van der Waals surface area contributed by atoms with E-state index in [-0.39, 0.29) is 18.3 Å². The van der Waals surface area contributed by atoms with E-state index in [1.165, 1.54) is 0 Å². The second-order valence-electron chi connectivity index (χ2n) is 5.69. The first kappa shape index (κ1) is 21.0. The van der Waals surface area contributed by atoms with Gasteiger partial charge in [0, 0.05) is 37.7 Å². The number of rotatable bonds is 8. The van der Waals surface area contributed by atoms with Crippen LogP contribution in [0.25, 0.3) is 0 Å². The number of hydrogen-bond donors (Lipinski definition) is 2. The number of halogens is 2. The van der Waals surface area contributed by atoms with Crippen molar-refractivity contribution in [3.63, 3.8) is 0 Å². The van der Waals surface area contributed by atoms with Gasteiger partial charge in [0.15, 0.2) is 0 Å². The molecular formula is C17H27Cl2N3O2. The molecule has 2 rings (SSSR count). The Morgan fingerprint density at radius 1 is 1.38 bits per heavy atom. The molecule has 0 atom stereocenters. The molecule has 1 amide bonds. The Bertz CT molecular complexity index is 509. The van der Waals surface area contributed by atoms with Crippen molar-refractivity contribution < 1.29 is 9.53 Å². The Hall–Kier alpha value is -1.01. The number of amides is 1. The lowest BCUT2D eigenvalue weighted by Gasteiger charge is -2.27. The highest BCUT2D eigenvalue weighted by Gasteiger charge is 2.14. The second-order valence-corrected chi connectivity index (χ2v) is 6.13. The fourth-order valence-corrected chi connectivity index (χ4v) is 2.72. The number of carbonyl (C=O) groups excluding carboxylic acids is 1. The van der Waals surface area contributed by atoms with Gasteiger partial charge in [0.05, 0.1) is 12.2 Å². The smallest absolute Gasteiger partial charge is 0.255 e. The lowest BCUT2D eigenvalue weighted by atomic mass is 10.2. The lowest BCUT2D eigenvalue weighted by molar-refractivity contribution is 0.0947.